The Labute approximate surface area is 354 Å². The lowest BCUT2D eigenvalue weighted by Gasteiger charge is -2.34. The number of aryl methyl sites for hydroxylation is 4. The van der Waals surface area contributed by atoms with Crippen molar-refractivity contribution in [2.24, 2.45) is 11.8 Å². The summed E-state index contributed by atoms with van der Waals surface area (Å²) in [6.07, 6.45) is 7.23. The summed E-state index contributed by atoms with van der Waals surface area (Å²) in [4.78, 5) is 14.4. The lowest BCUT2D eigenvalue weighted by molar-refractivity contribution is 0.414. The third-order valence-electron chi connectivity index (χ3n) is 11.9. The number of sulfone groups is 2. The molecule has 2 aliphatic heterocycles. The highest BCUT2D eigenvalue weighted by atomic mass is 35.5. The maximum atomic E-state index is 13.7. The zero-order valence-corrected chi connectivity index (χ0v) is 37.3. The van der Waals surface area contributed by atoms with Gasteiger partial charge in [-0.15, -0.1) is 0 Å². The van der Waals surface area contributed by atoms with E-state index < -0.39 is 19.7 Å². The van der Waals surface area contributed by atoms with Gasteiger partial charge in [-0.1, -0.05) is 54.8 Å². The second-order valence-electron chi connectivity index (χ2n) is 16.4. The molecule has 6 aromatic rings. The highest BCUT2D eigenvalue weighted by Gasteiger charge is 2.31. The van der Waals surface area contributed by atoms with Crippen molar-refractivity contribution in [1.29, 1.82) is 0 Å². The molecule has 4 heterocycles. The molecule has 310 valence electrons. The SMILES string of the molecule is COc1ccc(S(=O)(=O)c2cnc3ccc(C)cc3c2N2CCC(C)CC2)cc1Cl.Cc1ccc2ncc(S(=O)(=O)c3ccc(C)c(C)c3)c(N3CCC(C)CC3)c2c1. The van der Waals surface area contributed by atoms with Crippen molar-refractivity contribution in [2.75, 3.05) is 43.1 Å². The summed E-state index contributed by atoms with van der Waals surface area (Å²) in [5.41, 5.74) is 7.41. The fraction of sp³-hybridized carbons (Fsp3) is 0.362. The van der Waals surface area contributed by atoms with Crippen LogP contribution in [0.5, 0.6) is 5.75 Å². The van der Waals surface area contributed by atoms with Gasteiger partial charge in [0, 0.05) is 49.3 Å². The van der Waals surface area contributed by atoms with Gasteiger partial charge in [-0.2, -0.15) is 0 Å². The first-order valence-corrected chi connectivity index (χ1v) is 23.6. The Bertz CT molecular complexity index is 2760. The molecule has 2 aromatic heterocycles. The fourth-order valence-electron chi connectivity index (χ4n) is 8.01. The lowest BCUT2D eigenvalue weighted by Crippen LogP contribution is -2.34. The second-order valence-corrected chi connectivity index (χ2v) is 20.6. The molecule has 2 saturated heterocycles. The number of fused-ring (bicyclic) bond motifs is 2. The van der Waals surface area contributed by atoms with Crippen molar-refractivity contribution in [3.8, 4) is 5.75 Å². The Morgan fingerprint density at radius 3 is 1.46 bits per heavy atom. The minimum absolute atomic E-state index is 0.133. The molecule has 8 rings (SSSR count). The maximum absolute atomic E-state index is 13.7. The van der Waals surface area contributed by atoms with E-state index in [1.165, 1.54) is 25.4 Å². The Balaban J connectivity index is 0.000000179. The minimum Gasteiger partial charge on any atom is -0.495 e. The van der Waals surface area contributed by atoms with Gasteiger partial charge in [0.15, 0.2) is 0 Å². The van der Waals surface area contributed by atoms with Gasteiger partial charge >= 0.3 is 0 Å². The lowest BCUT2D eigenvalue weighted by atomic mass is 9.98. The van der Waals surface area contributed by atoms with Crippen LogP contribution in [0, 0.1) is 39.5 Å². The molecule has 2 aliphatic rings. The zero-order chi connectivity index (χ0) is 42.2. The van der Waals surface area contributed by atoms with E-state index in [-0.39, 0.29) is 14.8 Å². The van der Waals surface area contributed by atoms with Gasteiger partial charge in [0.2, 0.25) is 19.7 Å². The third kappa shape index (κ3) is 8.65. The Morgan fingerprint density at radius 2 is 1.03 bits per heavy atom. The van der Waals surface area contributed by atoms with Crippen LogP contribution in [0.2, 0.25) is 5.02 Å². The summed E-state index contributed by atoms with van der Waals surface area (Å²) >= 11 is 6.23. The normalized spacial score (nSPS) is 15.7. The number of hydrogen-bond donors (Lipinski definition) is 0. The molecule has 4 aromatic carbocycles. The van der Waals surface area contributed by atoms with Crippen LogP contribution < -0.4 is 14.5 Å². The molecule has 9 nitrogen and oxygen atoms in total. The predicted molar refractivity (Wildman–Crippen MR) is 239 cm³/mol. The van der Waals surface area contributed by atoms with Gasteiger partial charge in [-0.3, -0.25) is 9.97 Å². The quantitative estimate of drug-likeness (QED) is 0.155. The van der Waals surface area contributed by atoms with Crippen molar-refractivity contribution in [3.05, 3.63) is 112 Å². The number of piperidine rings is 2. The molecular weight excluding hydrogens is 800 g/mol. The third-order valence-corrected chi connectivity index (χ3v) is 15.7. The van der Waals surface area contributed by atoms with Crippen molar-refractivity contribution in [1.82, 2.24) is 9.97 Å². The van der Waals surface area contributed by atoms with Crippen molar-refractivity contribution in [2.45, 2.75) is 86.8 Å². The topological polar surface area (TPSA) is 110 Å². The second kappa shape index (κ2) is 17.1. The van der Waals surface area contributed by atoms with E-state index in [9.17, 15) is 16.8 Å². The number of benzene rings is 4. The number of anilines is 2. The molecule has 0 atom stereocenters. The van der Waals surface area contributed by atoms with Crippen molar-refractivity contribution < 1.29 is 21.6 Å². The summed E-state index contributed by atoms with van der Waals surface area (Å²) in [6.45, 7) is 15.9. The number of ether oxygens (including phenoxy) is 1. The number of nitrogens with zero attached hydrogens (tertiary/aromatic N) is 4. The summed E-state index contributed by atoms with van der Waals surface area (Å²) in [5.74, 6) is 1.74. The molecule has 12 heteroatoms. The van der Waals surface area contributed by atoms with Crippen LogP contribution in [0.3, 0.4) is 0 Å². The van der Waals surface area contributed by atoms with E-state index in [1.54, 1.807) is 24.4 Å². The van der Waals surface area contributed by atoms with Crippen LogP contribution in [0.4, 0.5) is 11.4 Å². The van der Waals surface area contributed by atoms with Crippen LogP contribution in [0.25, 0.3) is 21.8 Å². The summed E-state index contributed by atoms with van der Waals surface area (Å²) in [7, 11) is -6.01. The van der Waals surface area contributed by atoms with Crippen LogP contribution in [0.15, 0.2) is 105 Å². The van der Waals surface area contributed by atoms with Crippen molar-refractivity contribution in [3.63, 3.8) is 0 Å². The molecule has 0 bridgehead atoms. The first-order valence-electron chi connectivity index (χ1n) is 20.3. The zero-order valence-electron chi connectivity index (χ0n) is 34.9. The number of pyridine rings is 2. The Hall–Kier alpha value is -4.71. The molecule has 0 saturated carbocycles. The highest BCUT2D eigenvalue weighted by Crippen LogP contribution is 2.41. The molecule has 0 radical (unpaired) electrons. The standard InChI is InChI=1S/C24H28N2O2S.C23H25ClN2O3S/c1-16-9-11-26(12-10-16)24-21-13-17(2)5-8-22(21)25-15-23(24)29(27,28)20-7-6-18(3)19(4)14-20;1-15-8-10-26(11-9-15)23-18-12-16(2)4-6-20(18)25-14-22(23)30(27,28)17-5-7-21(29-3)19(24)13-17/h5-8,13-16H,9-12H2,1-4H3;4-7,12-15H,8-11H2,1-3H3. The Morgan fingerprint density at radius 1 is 0.593 bits per heavy atom. The largest absolute Gasteiger partial charge is 0.495 e. The Kier molecular flexibility index (Phi) is 12.3. The summed E-state index contributed by atoms with van der Waals surface area (Å²) < 4.78 is 59.9. The molecule has 0 amide bonds. The van der Waals surface area contributed by atoms with E-state index in [4.69, 9.17) is 16.3 Å². The van der Waals surface area contributed by atoms with Crippen LogP contribution in [-0.2, 0) is 19.7 Å². The van der Waals surface area contributed by atoms with Gasteiger partial charge < -0.3 is 14.5 Å². The molecule has 2 fully saturated rings. The molecule has 0 spiro atoms. The summed E-state index contributed by atoms with van der Waals surface area (Å²) in [6, 6.07) is 21.9. The molecule has 0 N–H and O–H groups in total. The van der Waals surface area contributed by atoms with Gasteiger partial charge in [-0.25, -0.2) is 16.8 Å². The van der Waals surface area contributed by atoms with Gasteiger partial charge in [-0.05, 0) is 131 Å². The molecule has 0 aliphatic carbocycles. The van der Waals surface area contributed by atoms with E-state index in [2.05, 4.69) is 39.7 Å². The van der Waals surface area contributed by atoms with Gasteiger partial charge in [0.1, 0.15) is 15.5 Å². The van der Waals surface area contributed by atoms with Crippen molar-refractivity contribution >= 4 is 64.5 Å². The van der Waals surface area contributed by atoms with Crippen LogP contribution >= 0.6 is 11.6 Å². The van der Waals surface area contributed by atoms with Crippen LogP contribution in [0.1, 0.15) is 61.8 Å². The molecular formula is C47H53ClN4O5S2. The van der Waals surface area contributed by atoms with E-state index in [0.29, 0.717) is 27.4 Å². The minimum atomic E-state index is -3.83. The average molecular weight is 854 g/mol. The first-order chi connectivity index (χ1) is 28.1. The monoisotopic (exact) mass is 852 g/mol. The number of halogens is 1. The fourth-order valence-corrected chi connectivity index (χ4v) is 11.3. The van der Waals surface area contributed by atoms with Crippen LogP contribution in [-0.4, -0.2) is 60.1 Å². The molecule has 59 heavy (non-hydrogen) atoms. The van der Waals surface area contributed by atoms with E-state index >= 15 is 0 Å². The number of methoxy groups -OCH3 is 1. The number of hydrogen-bond acceptors (Lipinski definition) is 9. The number of rotatable bonds is 7. The number of aromatic nitrogens is 2. The smallest absolute Gasteiger partial charge is 0.210 e. The van der Waals surface area contributed by atoms with Gasteiger partial charge in [0.05, 0.1) is 44.3 Å². The maximum Gasteiger partial charge on any atom is 0.210 e. The first kappa shape index (κ1) is 42.4. The predicted octanol–water partition coefficient (Wildman–Crippen LogP) is 10.5. The van der Waals surface area contributed by atoms with E-state index in [1.807, 2.05) is 64.1 Å². The average Bonchev–Trinajstić information content (AvgIpc) is 3.21. The van der Waals surface area contributed by atoms with E-state index in [0.717, 1.165) is 107 Å². The summed E-state index contributed by atoms with van der Waals surface area (Å²) in [5, 5.41) is 2.05. The highest BCUT2D eigenvalue weighted by molar-refractivity contribution is 7.92. The molecule has 0 unspecified atom stereocenters. The van der Waals surface area contributed by atoms with Gasteiger partial charge in [0.25, 0.3) is 0 Å².